The lowest BCUT2D eigenvalue weighted by atomic mass is 10.1. The van der Waals surface area contributed by atoms with Gasteiger partial charge < -0.3 is 10.1 Å². The van der Waals surface area contributed by atoms with Crippen molar-refractivity contribution in [3.63, 3.8) is 0 Å². The fourth-order valence-electron chi connectivity index (χ4n) is 3.13. The van der Waals surface area contributed by atoms with Gasteiger partial charge in [0, 0.05) is 11.4 Å². The number of rotatable bonds is 7. The van der Waals surface area contributed by atoms with Crippen molar-refractivity contribution < 1.29 is 31.1 Å². The van der Waals surface area contributed by atoms with Gasteiger partial charge in [-0.25, -0.2) is 8.42 Å². The minimum absolute atomic E-state index is 0.00544. The molecule has 0 saturated heterocycles. The molecule has 11 heteroatoms. The molecule has 3 rings (SSSR count). The number of halogens is 4. The van der Waals surface area contributed by atoms with Gasteiger partial charge in [0.2, 0.25) is 0 Å². The van der Waals surface area contributed by atoms with Crippen molar-refractivity contribution in [2.24, 2.45) is 0 Å². The van der Waals surface area contributed by atoms with Crippen LogP contribution < -0.4 is 14.8 Å². The van der Waals surface area contributed by atoms with E-state index in [-0.39, 0.29) is 16.3 Å². The molecule has 2 N–H and O–H groups in total. The zero-order valence-electron chi connectivity index (χ0n) is 19.0. The van der Waals surface area contributed by atoms with Crippen LogP contribution in [0.2, 0.25) is 5.02 Å². The summed E-state index contributed by atoms with van der Waals surface area (Å²) in [6, 6.07) is 12.3. The van der Waals surface area contributed by atoms with Gasteiger partial charge in [0.25, 0.3) is 15.9 Å². The summed E-state index contributed by atoms with van der Waals surface area (Å²) in [7, 11) is -3.86. The number of hydrogen-bond donors (Lipinski definition) is 2. The second-order valence-corrected chi connectivity index (χ2v) is 9.95. The molecule has 1 amide bonds. The number of anilines is 2. The molecule has 0 aliphatic carbocycles. The van der Waals surface area contributed by atoms with Crippen molar-refractivity contribution in [1.82, 2.24) is 0 Å². The van der Waals surface area contributed by atoms with Crippen molar-refractivity contribution >= 4 is 38.9 Å². The van der Waals surface area contributed by atoms with E-state index in [0.29, 0.717) is 11.3 Å². The van der Waals surface area contributed by atoms with Crippen LogP contribution in [-0.2, 0) is 21.0 Å². The number of sulfonamides is 1. The van der Waals surface area contributed by atoms with E-state index in [2.05, 4.69) is 10.0 Å². The van der Waals surface area contributed by atoms with Crippen molar-refractivity contribution in [1.29, 1.82) is 0 Å². The first-order valence-corrected chi connectivity index (χ1v) is 12.1. The highest BCUT2D eigenvalue weighted by molar-refractivity contribution is 7.92. The second-order valence-electron chi connectivity index (χ2n) is 7.86. The molecule has 0 fully saturated rings. The standard InChI is InChI=1S/C24H22ClF3N2O4S/c1-14-4-5-18(10-15(14)2)30-35(32,33)19-7-9-22(16(3)11-19)34-13-23(31)29-17-6-8-21(25)20(12-17)24(26,27)28/h4-12,30H,13H2,1-3H3,(H,29,31). The monoisotopic (exact) mass is 526 g/mol. The van der Waals surface area contributed by atoms with Crippen molar-refractivity contribution in [3.05, 3.63) is 81.9 Å². The molecule has 0 aliphatic heterocycles. The third-order valence-corrected chi connectivity index (χ3v) is 6.84. The molecule has 3 aromatic rings. The Balaban J connectivity index is 1.66. The zero-order valence-corrected chi connectivity index (χ0v) is 20.5. The van der Waals surface area contributed by atoms with Gasteiger partial charge in [-0.2, -0.15) is 13.2 Å². The predicted molar refractivity (Wildman–Crippen MR) is 128 cm³/mol. The van der Waals surface area contributed by atoms with Gasteiger partial charge in [-0.15, -0.1) is 0 Å². The lowest BCUT2D eigenvalue weighted by molar-refractivity contribution is -0.137. The summed E-state index contributed by atoms with van der Waals surface area (Å²) >= 11 is 5.57. The molecule has 6 nitrogen and oxygen atoms in total. The van der Waals surface area contributed by atoms with E-state index in [1.165, 1.54) is 24.3 Å². The minimum atomic E-state index is -4.67. The summed E-state index contributed by atoms with van der Waals surface area (Å²) in [5.74, 6) is -0.453. The lowest BCUT2D eigenvalue weighted by Gasteiger charge is -2.14. The van der Waals surface area contributed by atoms with E-state index in [4.69, 9.17) is 16.3 Å². The number of carbonyl (C=O) groups is 1. The van der Waals surface area contributed by atoms with E-state index in [1.807, 2.05) is 19.9 Å². The molecule has 35 heavy (non-hydrogen) atoms. The first kappa shape index (κ1) is 26.4. The molecule has 0 aliphatic rings. The van der Waals surface area contributed by atoms with Crippen molar-refractivity contribution in [2.75, 3.05) is 16.6 Å². The molecule has 0 atom stereocenters. The predicted octanol–water partition coefficient (Wildman–Crippen LogP) is 6.10. The molecular formula is C24H22ClF3N2O4S. The van der Waals surface area contributed by atoms with Gasteiger partial charge in [0.1, 0.15) is 5.75 Å². The normalized spacial score (nSPS) is 11.7. The third kappa shape index (κ3) is 6.67. The van der Waals surface area contributed by atoms with Crippen LogP contribution in [0.5, 0.6) is 5.75 Å². The Morgan fingerprint density at radius 2 is 1.60 bits per heavy atom. The van der Waals surface area contributed by atoms with Crippen LogP contribution in [0.1, 0.15) is 22.3 Å². The Morgan fingerprint density at radius 3 is 2.23 bits per heavy atom. The summed E-state index contributed by atoms with van der Waals surface area (Å²) < 4.78 is 72.4. The Hall–Kier alpha value is -3.24. The molecule has 0 bridgehead atoms. The van der Waals surface area contributed by atoms with Crippen LogP contribution in [0.15, 0.2) is 59.5 Å². The maximum atomic E-state index is 13.0. The Morgan fingerprint density at radius 1 is 0.914 bits per heavy atom. The number of ether oxygens (including phenoxy) is 1. The summed E-state index contributed by atoms with van der Waals surface area (Å²) in [5, 5.41) is 1.83. The van der Waals surface area contributed by atoms with Gasteiger partial charge in [-0.3, -0.25) is 9.52 Å². The van der Waals surface area contributed by atoms with E-state index >= 15 is 0 Å². The molecular weight excluding hydrogens is 505 g/mol. The fourth-order valence-corrected chi connectivity index (χ4v) is 4.49. The lowest BCUT2D eigenvalue weighted by Crippen LogP contribution is -2.21. The third-order valence-electron chi connectivity index (χ3n) is 5.13. The number of nitrogens with one attached hydrogen (secondary N) is 2. The Bertz CT molecular complexity index is 1380. The molecule has 0 saturated carbocycles. The summed E-state index contributed by atoms with van der Waals surface area (Å²) in [6.07, 6.45) is -4.67. The van der Waals surface area contributed by atoms with Crippen LogP contribution in [-0.4, -0.2) is 20.9 Å². The highest BCUT2D eigenvalue weighted by atomic mass is 35.5. The number of hydrogen-bond acceptors (Lipinski definition) is 4. The number of alkyl halides is 3. The summed E-state index contributed by atoms with van der Waals surface area (Å²) in [6.45, 7) is 4.90. The van der Waals surface area contributed by atoms with Gasteiger partial charge in [0.05, 0.1) is 15.5 Å². The second kappa shape index (κ2) is 10.2. The van der Waals surface area contributed by atoms with Crippen LogP contribution in [0.25, 0.3) is 0 Å². The molecule has 0 heterocycles. The zero-order chi connectivity index (χ0) is 26.0. The maximum Gasteiger partial charge on any atom is 0.417 e. The van der Waals surface area contributed by atoms with Crippen molar-refractivity contribution in [2.45, 2.75) is 31.8 Å². The van der Waals surface area contributed by atoms with Crippen LogP contribution in [0.4, 0.5) is 24.5 Å². The Kier molecular flexibility index (Phi) is 7.66. The number of carbonyl (C=O) groups excluding carboxylic acids is 1. The quantitative estimate of drug-likeness (QED) is 0.389. The topological polar surface area (TPSA) is 84.5 Å². The first-order valence-electron chi connectivity index (χ1n) is 10.3. The largest absolute Gasteiger partial charge is 0.483 e. The number of aryl methyl sites for hydroxylation is 3. The highest BCUT2D eigenvalue weighted by Gasteiger charge is 2.33. The van der Waals surface area contributed by atoms with E-state index < -0.39 is 39.3 Å². The Labute approximate surface area is 206 Å². The molecule has 0 radical (unpaired) electrons. The van der Waals surface area contributed by atoms with Gasteiger partial charge in [-0.1, -0.05) is 17.7 Å². The average molecular weight is 527 g/mol. The molecule has 3 aromatic carbocycles. The maximum absolute atomic E-state index is 13.0. The van der Waals surface area contributed by atoms with Gasteiger partial charge in [0.15, 0.2) is 6.61 Å². The fraction of sp³-hybridized carbons (Fsp3) is 0.208. The van der Waals surface area contributed by atoms with Crippen LogP contribution in [0, 0.1) is 20.8 Å². The smallest absolute Gasteiger partial charge is 0.417 e. The first-order chi connectivity index (χ1) is 16.3. The number of benzene rings is 3. The number of amides is 1. The van der Waals surface area contributed by atoms with Crippen LogP contribution in [0.3, 0.4) is 0 Å². The van der Waals surface area contributed by atoms with Crippen LogP contribution >= 0.6 is 11.6 Å². The SMILES string of the molecule is Cc1ccc(NS(=O)(=O)c2ccc(OCC(=O)Nc3ccc(Cl)c(C(F)(F)F)c3)c(C)c2)cc1C. The van der Waals surface area contributed by atoms with Gasteiger partial charge >= 0.3 is 6.18 Å². The van der Waals surface area contributed by atoms with Crippen molar-refractivity contribution in [3.8, 4) is 5.75 Å². The van der Waals surface area contributed by atoms with E-state index in [0.717, 1.165) is 23.3 Å². The summed E-state index contributed by atoms with van der Waals surface area (Å²) in [5.41, 5.74) is 1.69. The van der Waals surface area contributed by atoms with Gasteiger partial charge in [-0.05, 0) is 86.0 Å². The molecule has 186 valence electrons. The highest BCUT2D eigenvalue weighted by Crippen LogP contribution is 2.36. The molecule has 0 unspecified atom stereocenters. The van der Waals surface area contributed by atoms with E-state index in [9.17, 15) is 26.4 Å². The molecule has 0 spiro atoms. The summed E-state index contributed by atoms with van der Waals surface area (Å²) in [4.78, 5) is 12.2. The minimum Gasteiger partial charge on any atom is -0.483 e. The van der Waals surface area contributed by atoms with E-state index in [1.54, 1.807) is 19.1 Å². The average Bonchev–Trinajstić information content (AvgIpc) is 2.75. The molecule has 0 aromatic heterocycles.